The Balaban J connectivity index is 1.49. The second kappa shape index (κ2) is 9.32. The van der Waals surface area contributed by atoms with Crippen LogP contribution in [0.2, 0.25) is 0 Å². The fourth-order valence-corrected chi connectivity index (χ4v) is 4.60. The van der Waals surface area contributed by atoms with Gasteiger partial charge in [-0.25, -0.2) is 17.7 Å². The van der Waals surface area contributed by atoms with E-state index in [-0.39, 0.29) is 29.7 Å². The van der Waals surface area contributed by atoms with Crippen LogP contribution < -0.4 is 10.0 Å². The molecule has 0 amide bonds. The summed E-state index contributed by atoms with van der Waals surface area (Å²) >= 11 is -2.04. The van der Waals surface area contributed by atoms with Gasteiger partial charge in [0.15, 0.2) is 0 Å². The first-order valence-corrected chi connectivity index (χ1v) is 10.3. The van der Waals surface area contributed by atoms with Gasteiger partial charge >= 0.3 is 0 Å². The molecule has 2 aliphatic rings. The van der Waals surface area contributed by atoms with Crippen molar-refractivity contribution in [3.05, 3.63) is 35.4 Å². The Labute approximate surface area is 155 Å². The highest BCUT2D eigenvalue weighted by molar-refractivity contribution is 7.77. The Kier molecular flexibility index (Phi) is 7.11. The third-order valence-electron chi connectivity index (χ3n) is 5.43. The van der Waals surface area contributed by atoms with Crippen molar-refractivity contribution in [2.75, 3.05) is 13.2 Å². The van der Waals surface area contributed by atoms with E-state index < -0.39 is 22.9 Å². The van der Waals surface area contributed by atoms with Crippen LogP contribution in [0, 0.1) is 11.6 Å². The average Bonchev–Trinajstić information content (AvgIpc) is 2.61. The van der Waals surface area contributed by atoms with E-state index in [1.807, 2.05) is 0 Å². The highest BCUT2D eigenvalue weighted by Gasteiger charge is 2.30. The molecule has 1 unspecified atom stereocenters. The maximum Gasteiger partial charge on any atom is 0.232 e. The summed E-state index contributed by atoms with van der Waals surface area (Å²) in [6, 6.07) is 3.91. The molecule has 1 aromatic rings. The van der Waals surface area contributed by atoms with Gasteiger partial charge in [-0.1, -0.05) is 6.07 Å². The number of piperidine rings is 1. The smallest absolute Gasteiger partial charge is 0.232 e. The Morgan fingerprint density at radius 1 is 1.19 bits per heavy atom. The van der Waals surface area contributed by atoms with Crippen molar-refractivity contribution in [3.63, 3.8) is 0 Å². The van der Waals surface area contributed by atoms with E-state index in [2.05, 4.69) is 10.0 Å². The minimum absolute atomic E-state index is 0.0124. The van der Waals surface area contributed by atoms with Gasteiger partial charge in [-0.15, -0.1) is 0 Å². The lowest BCUT2D eigenvalue weighted by Crippen LogP contribution is -2.54. The van der Waals surface area contributed by atoms with E-state index >= 15 is 0 Å². The van der Waals surface area contributed by atoms with E-state index in [0.717, 1.165) is 32.2 Å². The molecule has 0 bridgehead atoms. The summed E-state index contributed by atoms with van der Waals surface area (Å²) in [4.78, 5) is 0. The molecule has 2 fully saturated rings. The van der Waals surface area contributed by atoms with Crippen LogP contribution in [0.25, 0.3) is 0 Å². The average molecular weight is 388 g/mol. The summed E-state index contributed by atoms with van der Waals surface area (Å²) in [5.41, 5.74) is 0.203. The van der Waals surface area contributed by atoms with Crippen molar-refractivity contribution >= 4 is 11.3 Å². The van der Waals surface area contributed by atoms with Gasteiger partial charge in [0.05, 0.1) is 12.7 Å². The zero-order chi connectivity index (χ0) is 18.5. The third kappa shape index (κ3) is 5.07. The summed E-state index contributed by atoms with van der Waals surface area (Å²) in [6.07, 6.45) is 4.75. The molecule has 0 aromatic heterocycles. The summed E-state index contributed by atoms with van der Waals surface area (Å²) < 4.78 is 56.6. The topological polar surface area (TPSA) is 70.6 Å². The van der Waals surface area contributed by atoms with Crippen molar-refractivity contribution in [1.29, 1.82) is 0 Å². The predicted molar refractivity (Wildman–Crippen MR) is 96.0 cm³/mol. The highest BCUT2D eigenvalue weighted by atomic mass is 32.2. The summed E-state index contributed by atoms with van der Waals surface area (Å²) in [5, 5.41) is 3.33. The molecule has 0 radical (unpaired) electrons. The number of ether oxygens (including phenoxy) is 1. The number of benzene rings is 1. The molecule has 1 heterocycles. The van der Waals surface area contributed by atoms with E-state index in [1.54, 1.807) is 0 Å². The van der Waals surface area contributed by atoms with Crippen molar-refractivity contribution in [3.8, 4) is 0 Å². The highest BCUT2D eigenvalue weighted by Crippen LogP contribution is 2.36. The van der Waals surface area contributed by atoms with Gasteiger partial charge in [0.2, 0.25) is 11.3 Å². The molecule has 146 valence electrons. The lowest BCUT2D eigenvalue weighted by molar-refractivity contribution is 0.00486. The van der Waals surface area contributed by atoms with E-state index in [4.69, 9.17) is 9.29 Å². The summed E-state index contributed by atoms with van der Waals surface area (Å²) in [5.74, 6) is -1.03. The minimum atomic E-state index is -2.04. The van der Waals surface area contributed by atoms with Crippen LogP contribution in [0.1, 0.15) is 50.0 Å². The van der Waals surface area contributed by atoms with Crippen molar-refractivity contribution in [2.45, 2.75) is 62.6 Å². The van der Waals surface area contributed by atoms with Crippen LogP contribution >= 0.6 is 0 Å². The Morgan fingerprint density at radius 2 is 1.88 bits per heavy atom. The van der Waals surface area contributed by atoms with Gasteiger partial charge in [0, 0.05) is 17.6 Å². The first kappa shape index (κ1) is 19.8. The van der Waals surface area contributed by atoms with Gasteiger partial charge in [0.25, 0.3) is 0 Å². The Bertz CT molecular complexity index is 606. The van der Waals surface area contributed by atoms with Gasteiger partial charge in [-0.3, -0.25) is 4.55 Å². The molecule has 26 heavy (non-hydrogen) atoms. The molecule has 0 spiro atoms. The zero-order valence-electron chi connectivity index (χ0n) is 14.6. The van der Waals surface area contributed by atoms with Gasteiger partial charge in [-0.05, 0) is 63.1 Å². The Morgan fingerprint density at radius 3 is 2.54 bits per heavy atom. The molecular formula is C18H26F2N2O3S. The van der Waals surface area contributed by atoms with E-state index in [1.165, 1.54) is 18.2 Å². The molecule has 3 N–H and O–H groups in total. The molecule has 3 rings (SSSR count). The number of rotatable bonds is 6. The van der Waals surface area contributed by atoms with E-state index in [0.29, 0.717) is 19.4 Å². The third-order valence-corrected chi connectivity index (χ3v) is 5.93. The first-order chi connectivity index (χ1) is 12.5. The summed E-state index contributed by atoms with van der Waals surface area (Å²) in [7, 11) is 0. The normalized spacial score (nSPS) is 30.9. The van der Waals surface area contributed by atoms with Crippen LogP contribution in [0.4, 0.5) is 8.78 Å². The molecule has 1 aliphatic carbocycles. The fraction of sp³-hybridized carbons (Fsp3) is 0.667. The van der Waals surface area contributed by atoms with Crippen LogP contribution in [0.5, 0.6) is 0 Å². The van der Waals surface area contributed by atoms with Gasteiger partial charge in [-0.2, -0.15) is 0 Å². The molecule has 3 atom stereocenters. The monoisotopic (exact) mass is 388 g/mol. The summed E-state index contributed by atoms with van der Waals surface area (Å²) in [6.45, 7) is 1.32. The van der Waals surface area contributed by atoms with Gasteiger partial charge < -0.3 is 10.1 Å². The second-order valence-corrected chi connectivity index (χ2v) is 7.85. The second-order valence-electron chi connectivity index (χ2n) is 7.12. The van der Waals surface area contributed by atoms with Crippen molar-refractivity contribution in [2.24, 2.45) is 0 Å². The lowest BCUT2D eigenvalue weighted by atomic mass is 9.82. The van der Waals surface area contributed by atoms with E-state index in [9.17, 15) is 13.0 Å². The number of hydrogen-bond donors (Lipinski definition) is 3. The maximum atomic E-state index is 13.9. The largest absolute Gasteiger partial charge is 0.377 e. The number of hydrogen-bond acceptors (Lipinski definition) is 3. The van der Waals surface area contributed by atoms with Crippen LogP contribution in [0.3, 0.4) is 0 Å². The molecule has 1 saturated carbocycles. The van der Waals surface area contributed by atoms with Gasteiger partial charge in [0.1, 0.15) is 11.6 Å². The molecule has 1 aromatic carbocycles. The van der Waals surface area contributed by atoms with Crippen LogP contribution in [-0.2, 0) is 16.0 Å². The minimum Gasteiger partial charge on any atom is -0.377 e. The lowest BCUT2D eigenvalue weighted by Gasteiger charge is -2.34. The van der Waals surface area contributed by atoms with Crippen molar-refractivity contribution in [1.82, 2.24) is 10.0 Å². The molecular weight excluding hydrogens is 362 g/mol. The van der Waals surface area contributed by atoms with Crippen molar-refractivity contribution < 1.29 is 22.3 Å². The predicted octanol–water partition coefficient (Wildman–Crippen LogP) is 2.85. The standard InChI is InChI=1S/C18H26F2N2O3S/c19-14-3-1-4-15(20)18(14)12-6-8-13(9-7-12)25-11-17-16(22-26(23)24)5-2-10-21-17/h1,3-4,12-13,16-17,21-22H,2,5-11H2,(H,23,24)/t12?,13?,16-,17-/m1/s1. The van der Waals surface area contributed by atoms with Crippen LogP contribution in [-0.4, -0.2) is 40.1 Å². The SMILES string of the molecule is O=S(O)N[C@@H]1CCCN[C@@H]1COC1CCC(c2c(F)cccc2F)CC1. The fourth-order valence-electron chi connectivity index (χ4n) is 4.06. The molecule has 5 nitrogen and oxygen atoms in total. The van der Waals surface area contributed by atoms with Crippen LogP contribution in [0.15, 0.2) is 18.2 Å². The number of nitrogens with one attached hydrogen (secondary N) is 2. The Hall–Kier alpha value is -0.930. The zero-order valence-corrected chi connectivity index (χ0v) is 15.4. The quantitative estimate of drug-likeness (QED) is 0.656. The maximum absolute atomic E-state index is 13.9. The molecule has 1 saturated heterocycles. The first-order valence-electron chi connectivity index (χ1n) is 9.20. The molecule has 1 aliphatic heterocycles. The number of halogens is 2. The molecule has 8 heteroatoms.